The van der Waals surface area contributed by atoms with Gasteiger partial charge < -0.3 is 9.41 Å². The van der Waals surface area contributed by atoms with E-state index in [0.29, 0.717) is 30.5 Å². The summed E-state index contributed by atoms with van der Waals surface area (Å²) >= 11 is 1.50. The second kappa shape index (κ2) is 8.95. The number of halogens is 2. The van der Waals surface area contributed by atoms with Crippen molar-refractivity contribution in [2.75, 3.05) is 17.1 Å². The lowest BCUT2D eigenvalue weighted by molar-refractivity contribution is -0.136. The molecular weight excluding hydrogens is 380 g/mol. The first-order valence-corrected chi connectivity index (χ1v) is 10.4. The molecule has 0 unspecified atom stereocenters. The lowest BCUT2D eigenvalue weighted by atomic mass is 9.83. The van der Waals surface area contributed by atoms with Crippen LogP contribution in [0.5, 0.6) is 0 Å². The number of carboxylic acid groups (broad SMARTS) is 1. The molecule has 0 radical (unpaired) electrons. The summed E-state index contributed by atoms with van der Waals surface area (Å²) in [7, 11) is 0. The van der Waals surface area contributed by atoms with Gasteiger partial charge in [-0.25, -0.2) is 8.78 Å². The second-order valence-electron chi connectivity index (χ2n) is 6.93. The van der Waals surface area contributed by atoms with Gasteiger partial charge in [0.1, 0.15) is 11.7 Å². The highest BCUT2D eigenvalue weighted by Crippen LogP contribution is 2.46. The van der Waals surface area contributed by atoms with Crippen LogP contribution in [0, 0.1) is 20.8 Å². The molecule has 2 rings (SSSR count). The van der Waals surface area contributed by atoms with Crippen molar-refractivity contribution in [2.45, 2.75) is 47.0 Å². The summed E-state index contributed by atoms with van der Waals surface area (Å²) in [6.45, 7) is 11.3. The number of hydrogen-bond donors (Lipinski definition) is 1. The monoisotopic (exact) mass is 407 g/mol. The molecule has 1 heterocycles. The molecule has 0 aromatic heterocycles. The molecule has 0 fully saturated rings. The second-order valence-corrected chi connectivity index (χ2v) is 7.74. The zero-order valence-corrected chi connectivity index (χ0v) is 17.9. The first-order chi connectivity index (χ1) is 13.1. The zero-order chi connectivity index (χ0) is 21.2. The van der Waals surface area contributed by atoms with Gasteiger partial charge in [0, 0.05) is 23.9 Å². The number of anilines is 1. The first kappa shape index (κ1) is 22.2. The molecule has 3 nitrogen and oxygen atoms in total. The first-order valence-electron chi connectivity index (χ1n) is 9.22. The van der Waals surface area contributed by atoms with E-state index in [1.54, 1.807) is 6.92 Å². The van der Waals surface area contributed by atoms with Gasteiger partial charge in [-0.2, -0.15) is 0 Å². The van der Waals surface area contributed by atoms with Gasteiger partial charge in [-0.15, -0.1) is 0 Å². The molecule has 1 N–H and O–H groups in total. The lowest BCUT2D eigenvalue weighted by Crippen LogP contribution is -2.23. The molecule has 0 aliphatic carbocycles. The van der Waals surface area contributed by atoms with Crippen molar-refractivity contribution in [3.8, 4) is 0 Å². The topological polar surface area (TPSA) is 40.5 Å². The fourth-order valence-corrected chi connectivity index (χ4v) is 4.64. The maximum atomic E-state index is 14.7. The maximum Gasteiger partial charge on any atom is 0.307 e. The van der Waals surface area contributed by atoms with Gasteiger partial charge in [0.2, 0.25) is 0 Å². The predicted octanol–water partition coefficient (Wildman–Crippen LogP) is 6.23. The largest absolute Gasteiger partial charge is 0.481 e. The molecular formula is C22H27F2NO2S. The van der Waals surface area contributed by atoms with Gasteiger partial charge in [0.25, 0.3) is 0 Å². The average molecular weight is 408 g/mol. The van der Waals surface area contributed by atoms with Crippen LogP contribution in [0.3, 0.4) is 0 Å². The molecule has 1 aliphatic rings. The number of benzene rings is 1. The molecule has 1 aromatic rings. The van der Waals surface area contributed by atoms with Crippen molar-refractivity contribution in [2.24, 2.45) is 0 Å². The summed E-state index contributed by atoms with van der Waals surface area (Å²) in [4.78, 5) is 11.4. The fourth-order valence-electron chi connectivity index (χ4n) is 3.92. The molecule has 0 bridgehead atoms. The number of nitrogens with zero attached hydrogens (tertiary/aromatic N) is 1. The van der Waals surface area contributed by atoms with Crippen LogP contribution in [0.15, 0.2) is 29.9 Å². The molecule has 28 heavy (non-hydrogen) atoms. The molecule has 0 saturated carbocycles. The third-order valence-electron chi connectivity index (χ3n) is 5.39. The van der Waals surface area contributed by atoms with Crippen LogP contribution in [0.1, 0.15) is 47.6 Å². The highest BCUT2D eigenvalue weighted by atomic mass is 32.2. The minimum atomic E-state index is -0.918. The number of carboxylic acids is 1. The molecule has 1 aromatic carbocycles. The summed E-state index contributed by atoms with van der Waals surface area (Å²) in [5.74, 6) is -2.04. The van der Waals surface area contributed by atoms with E-state index in [0.717, 1.165) is 27.9 Å². The van der Waals surface area contributed by atoms with Gasteiger partial charge in [0.15, 0.2) is 0 Å². The summed E-state index contributed by atoms with van der Waals surface area (Å²) in [5.41, 5.74) is 4.93. The Kier molecular flexibility index (Phi) is 7.10. The van der Waals surface area contributed by atoms with Gasteiger partial charge >= 0.3 is 5.97 Å². The van der Waals surface area contributed by atoms with E-state index >= 15 is 0 Å². The number of allylic oxidation sites excluding steroid dienone is 5. The maximum absolute atomic E-state index is 14.7. The van der Waals surface area contributed by atoms with E-state index in [1.165, 1.54) is 18.0 Å². The Morgan fingerprint density at radius 2 is 1.89 bits per heavy atom. The Hall–Kier alpha value is -2.08. The quantitative estimate of drug-likeness (QED) is 0.588. The smallest absolute Gasteiger partial charge is 0.307 e. The molecule has 0 amide bonds. The van der Waals surface area contributed by atoms with E-state index in [1.807, 2.05) is 27.0 Å². The number of hydrogen-bond acceptors (Lipinski definition) is 3. The Morgan fingerprint density at radius 3 is 2.39 bits per heavy atom. The van der Waals surface area contributed by atoms with Crippen molar-refractivity contribution in [1.29, 1.82) is 0 Å². The van der Waals surface area contributed by atoms with E-state index in [4.69, 9.17) is 0 Å². The number of fused-ring (bicyclic) bond motifs is 1. The van der Waals surface area contributed by atoms with E-state index in [2.05, 4.69) is 10.9 Å². The van der Waals surface area contributed by atoms with Crippen LogP contribution in [-0.4, -0.2) is 23.9 Å². The van der Waals surface area contributed by atoms with Crippen molar-refractivity contribution in [3.05, 3.63) is 57.7 Å². The van der Waals surface area contributed by atoms with Crippen LogP contribution in [-0.2, 0) is 11.2 Å². The summed E-state index contributed by atoms with van der Waals surface area (Å²) in [6.07, 6.45) is 4.21. The Morgan fingerprint density at radius 1 is 1.25 bits per heavy atom. The van der Waals surface area contributed by atoms with Crippen molar-refractivity contribution >= 4 is 29.2 Å². The third-order valence-corrected chi connectivity index (χ3v) is 6.19. The minimum absolute atomic E-state index is 0.111. The number of carbonyl (C=O) groups is 1. The zero-order valence-electron chi connectivity index (χ0n) is 17.1. The highest BCUT2D eigenvalue weighted by Gasteiger charge is 2.29. The molecule has 0 saturated heterocycles. The fraction of sp³-hybridized carbons (Fsp3) is 0.409. The number of rotatable bonds is 5. The number of aliphatic carboxylic acids is 1. The van der Waals surface area contributed by atoms with Crippen molar-refractivity contribution in [1.82, 2.24) is 0 Å². The van der Waals surface area contributed by atoms with Crippen LogP contribution in [0.4, 0.5) is 14.5 Å². The van der Waals surface area contributed by atoms with Crippen LogP contribution in [0.25, 0.3) is 5.57 Å². The predicted molar refractivity (Wildman–Crippen MR) is 114 cm³/mol. The van der Waals surface area contributed by atoms with E-state index < -0.39 is 17.6 Å². The van der Waals surface area contributed by atoms with Gasteiger partial charge in [-0.1, -0.05) is 24.6 Å². The Labute approximate surface area is 170 Å². The van der Waals surface area contributed by atoms with Gasteiger partial charge in [0.05, 0.1) is 12.1 Å². The summed E-state index contributed by atoms with van der Waals surface area (Å²) in [5, 5.41) is 9.36. The molecule has 6 heteroatoms. The van der Waals surface area contributed by atoms with Gasteiger partial charge in [-0.05, 0) is 68.4 Å². The minimum Gasteiger partial charge on any atom is -0.481 e. The lowest BCUT2D eigenvalue weighted by Gasteiger charge is -2.33. The molecule has 1 aliphatic heterocycles. The molecule has 152 valence electrons. The Bertz CT molecular complexity index is 887. The van der Waals surface area contributed by atoms with Crippen LogP contribution >= 0.6 is 11.9 Å². The SMILES string of the molecule is C=C(F)/C1=C(\C(F)=C/C)CCCN(SC)c2c(C)c(CC(=O)O)c(C)c(C)c21. The third kappa shape index (κ3) is 4.02. The molecule has 0 atom stereocenters. The molecule has 0 spiro atoms. The highest BCUT2D eigenvalue weighted by molar-refractivity contribution is 8.00. The van der Waals surface area contributed by atoms with E-state index in [9.17, 15) is 18.7 Å². The van der Waals surface area contributed by atoms with Crippen LogP contribution in [0.2, 0.25) is 0 Å². The Balaban J connectivity index is 3.04. The summed E-state index contributed by atoms with van der Waals surface area (Å²) in [6, 6.07) is 0. The van der Waals surface area contributed by atoms with Gasteiger partial charge in [-0.3, -0.25) is 4.79 Å². The van der Waals surface area contributed by atoms with Crippen LogP contribution < -0.4 is 4.31 Å². The van der Waals surface area contributed by atoms with E-state index in [-0.39, 0.29) is 12.0 Å². The van der Waals surface area contributed by atoms with Crippen molar-refractivity contribution < 1.29 is 18.7 Å². The standard InChI is InChI=1S/C22H27F2NO2S/c1-7-18(24)16-9-8-10-25(28-6)22-14(4)17(11-19(26)27)12(2)13(3)20(22)21(16)15(5)23/h7H,5,8-11H2,1-4,6H3,(H,26,27)/b18-7+,21-16+. The average Bonchev–Trinajstić information content (AvgIpc) is 2.62. The normalized spacial score (nSPS) is 17.8. The summed E-state index contributed by atoms with van der Waals surface area (Å²) < 4.78 is 31.5. The van der Waals surface area contributed by atoms with Crippen molar-refractivity contribution in [3.63, 3.8) is 0 Å².